The van der Waals surface area contributed by atoms with Gasteiger partial charge in [-0.1, -0.05) is 0 Å². The SMILES string of the molecule is Cc1cc(F)c(Oc2ccnc(Cl)n2)c(F)c1. The monoisotopic (exact) mass is 256 g/mol. The molecule has 0 fully saturated rings. The number of aromatic nitrogens is 2. The maximum atomic E-state index is 13.5. The smallest absolute Gasteiger partial charge is 0.225 e. The summed E-state index contributed by atoms with van der Waals surface area (Å²) in [5.74, 6) is -2.12. The molecule has 2 rings (SSSR count). The summed E-state index contributed by atoms with van der Waals surface area (Å²) in [6.45, 7) is 1.58. The van der Waals surface area contributed by atoms with Crippen LogP contribution in [0.2, 0.25) is 5.28 Å². The second-order valence-corrected chi connectivity index (χ2v) is 3.66. The van der Waals surface area contributed by atoms with Crippen LogP contribution >= 0.6 is 11.6 Å². The predicted octanol–water partition coefficient (Wildman–Crippen LogP) is 3.51. The molecule has 3 nitrogen and oxygen atoms in total. The Morgan fingerprint density at radius 1 is 1.24 bits per heavy atom. The lowest BCUT2D eigenvalue weighted by Gasteiger charge is -2.07. The van der Waals surface area contributed by atoms with Crippen LogP contribution in [0, 0.1) is 18.6 Å². The third kappa shape index (κ3) is 2.68. The van der Waals surface area contributed by atoms with E-state index in [1.807, 2.05) is 0 Å². The average Bonchev–Trinajstić information content (AvgIpc) is 2.23. The molecule has 0 aliphatic rings. The number of hydrogen-bond donors (Lipinski definition) is 0. The summed E-state index contributed by atoms with van der Waals surface area (Å²) in [6.07, 6.45) is 1.33. The normalized spacial score (nSPS) is 10.4. The first-order chi connectivity index (χ1) is 8.06. The number of aryl methyl sites for hydroxylation is 1. The lowest BCUT2D eigenvalue weighted by Crippen LogP contribution is -1.96. The topological polar surface area (TPSA) is 35.0 Å². The zero-order valence-electron chi connectivity index (χ0n) is 8.75. The quantitative estimate of drug-likeness (QED) is 0.771. The first-order valence-corrected chi connectivity index (χ1v) is 5.06. The van der Waals surface area contributed by atoms with Gasteiger partial charge in [-0.3, -0.25) is 0 Å². The third-order valence-corrected chi connectivity index (χ3v) is 2.13. The highest BCUT2D eigenvalue weighted by Gasteiger charge is 2.13. The summed E-state index contributed by atoms with van der Waals surface area (Å²) < 4.78 is 31.9. The molecule has 1 aromatic heterocycles. The van der Waals surface area contributed by atoms with E-state index in [0.717, 1.165) is 0 Å². The van der Waals surface area contributed by atoms with Crippen molar-refractivity contribution in [2.24, 2.45) is 0 Å². The summed E-state index contributed by atoms with van der Waals surface area (Å²) >= 11 is 5.53. The van der Waals surface area contributed by atoms with Crippen LogP contribution in [-0.4, -0.2) is 9.97 Å². The van der Waals surface area contributed by atoms with Gasteiger partial charge in [-0.05, 0) is 36.2 Å². The molecular weight excluding hydrogens is 250 g/mol. The molecule has 2 aromatic rings. The third-order valence-electron chi connectivity index (χ3n) is 1.95. The second kappa shape index (κ2) is 4.63. The lowest BCUT2D eigenvalue weighted by molar-refractivity contribution is 0.394. The van der Waals surface area contributed by atoms with E-state index in [0.29, 0.717) is 5.56 Å². The van der Waals surface area contributed by atoms with Gasteiger partial charge in [-0.25, -0.2) is 13.8 Å². The van der Waals surface area contributed by atoms with Gasteiger partial charge in [0.25, 0.3) is 0 Å². The molecule has 0 atom stereocenters. The number of ether oxygens (including phenoxy) is 1. The van der Waals surface area contributed by atoms with Crippen LogP contribution in [0.4, 0.5) is 8.78 Å². The van der Waals surface area contributed by atoms with Crippen LogP contribution in [-0.2, 0) is 0 Å². The largest absolute Gasteiger partial charge is 0.433 e. The number of hydrogen-bond acceptors (Lipinski definition) is 3. The van der Waals surface area contributed by atoms with Gasteiger partial charge < -0.3 is 4.74 Å². The predicted molar refractivity (Wildman–Crippen MR) is 58.2 cm³/mol. The van der Waals surface area contributed by atoms with Crippen molar-refractivity contribution in [3.05, 3.63) is 46.9 Å². The van der Waals surface area contributed by atoms with Crippen LogP contribution in [0.15, 0.2) is 24.4 Å². The van der Waals surface area contributed by atoms with Crippen LogP contribution in [0.1, 0.15) is 5.56 Å². The Labute approximate surface area is 101 Å². The highest BCUT2D eigenvalue weighted by atomic mass is 35.5. The molecule has 0 saturated heterocycles. The number of halogens is 3. The lowest BCUT2D eigenvalue weighted by atomic mass is 10.2. The summed E-state index contributed by atoms with van der Waals surface area (Å²) in [6, 6.07) is 3.69. The molecule has 0 spiro atoms. The van der Waals surface area contributed by atoms with Crippen molar-refractivity contribution in [3.8, 4) is 11.6 Å². The van der Waals surface area contributed by atoms with Crippen LogP contribution in [0.3, 0.4) is 0 Å². The van der Waals surface area contributed by atoms with Gasteiger partial charge >= 0.3 is 0 Å². The molecule has 0 unspecified atom stereocenters. The first kappa shape index (κ1) is 11.7. The Hall–Kier alpha value is -1.75. The van der Waals surface area contributed by atoms with E-state index in [9.17, 15) is 8.78 Å². The molecule has 0 amide bonds. The molecular formula is C11H7ClF2N2O. The van der Waals surface area contributed by atoms with Crippen molar-refractivity contribution in [2.45, 2.75) is 6.92 Å². The van der Waals surface area contributed by atoms with Gasteiger partial charge in [-0.2, -0.15) is 4.98 Å². The molecule has 0 N–H and O–H groups in total. The number of rotatable bonds is 2. The van der Waals surface area contributed by atoms with E-state index in [-0.39, 0.29) is 11.2 Å². The number of benzene rings is 1. The summed E-state index contributed by atoms with van der Waals surface area (Å²) in [5.41, 5.74) is 0.466. The van der Waals surface area contributed by atoms with Gasteiger partial charge in [-0.15, -0.1) is 0 Å². The van der Waals surface area contributed by atoms with Gasteiger partial charge in [0, 0.05) is 12.3 Å². The van der Waals surface area contributed by atoms with E-state index >= 15 is 0 Å². The standard InChI is InChI=1S/C11H7ClF2N2O/c1-6-4-7(13)10(8(14)5-6)17-9-2-3-15-11(12)16-9/h2-5H,1H3. The minimum Gasteiger partial charge on any atom is -0.433 e. The highest BCUT2D eigenvalue weighted by molar-refractivity contribution is 6.28. The Morgan fingerprint density at radius 3 is 2.47 bits per heavy atom. The molecule has 0 bridgehead atoms. The minimum absolute atomic E-state index is 0.0216. The Kier molecular flexibility index (Phi) is 3.19. The summed E-state index contributed by atoms with van der Waals surface area (Å²) in [4.78, 5) is 7.30. The van der Waals surface area contributed by atoms with Crippen LogP contribution < -0.4 is 4.74 Å². The zero-order valence-corrected chi connectivity index (χ0v) is 9.50. The fourth-order valence-electron chi connectivity index (χ4n) is 1.27. The Balaban J connectivity index is 2.36. The van der Waals surface area contributed by atoms with Crippen molar-refractivity contribution in [3.63, 3.8) is 0 Å². The average molecular weight is 257 g/mol. The van der Waals surface area contributed by atoms with Gasteiger partial charge in [0.2, 0.25) is 16.9 Å². The van der Waals surface area contributed by atoms with Gasteiger partial charge in [0.15, 0.2) is 11.6 Å². The molecule has 0 aliphatic heterocycles. The van der Waals surface area contributed by atoms with E-state index in [2.05, 4.69) is 9.97 Å². The molecule has 6 heteroatoms. The Morgan fingerprint density at radius 2 is 1.88 bits per heavy atom. The zero-order chi connectivity index (χ0) is 12.4. The molecule has 1 aromatic carbocycles. The van der Waals surface area contributed by atoms with Gasteiger partial charge in [0.1, 0.15) is 0 Å². The van der Waals surface area contributed by atoms with Crippen molar-refractivity contribution in [1.82, 2.24) is 9.97 Å². The fourth-order valence-corrected chi connectivity index (χ4v) is 1.40. The van der Waals surface area contributed by atoms with Crippen LogP contribution in [0.25, 0.3) is 0 Å². The maximum Gasteiger partial charge on any atom is 0.225 e. The van der Waals surface area contributed by atoms with Crippen molar-refractivity contribution < 1.29 is 13.5 Å². The molecule has 1 heterocycles. The Bertz CT molecular complexity index is 540. The maximum absolute atomic E-state index is 13.5. The van der Waals surface area contributed by atoms with Crippen molar-refractivity contribution >= 4 is 11.6 Å². The number of nitrogens with zero attached hydrogens (tertiary/aromatic N) is 2. The summed E-state index contributed by atoms with van der Waals surface area (Å²) in [7, 11) is 0. The van der Waals surface area contributed by atoms with Crippen molar-refractivity contribution in [1.29, 1.82) is 0 Å². The first-order valence-electron chi connectivity index (χ1n) is 4.68. The van der Waals surface area contributed by atoms with Crippen molar-refractivity contribution in [2.75, 3.05) is 0 Å². The summed E-state index contributed by atoms with van der Waals surface area (Å²) in [5, 5.41) is -0.0598. The van der Waals surface area contributed by atoms with E-state index in [1.165, 1.54) is 24.4 Å². The molecule has 88 valence electrons. The second-order valence-electron chi connectivity index (χ2n) is 3.32. The van der Waals surface area contributed by atoms with E-state index < -0.39 is 17.4 Å². The fraction of sp³-hybridized carbons (Fsp3) is 0.0909. The van der Waals surface area contributed by atoms with Crippen LogP contribution in [0.5, 0.6) is 11.6 Å². The molecule has 0 aliphatic carbocycles. The molecule has 0 radical (unpaired) electrons. The molecule has 17 heavy (non-hydrogen) atoms. The molecule has 0 saturated carbocycles. The van der Waals surface area contributed by atoms with Gasteiger partial charge in [0.05, 0.1) is 0 Å². The van der Waals surface area contributed by atoms with E-state index in [4.69, 9.17) is 16.3 Å². The highest BCUT2D eigenvalue weighted by Crippen LogP contribution is 2.27. The minimum atomic E-state index is -0.794. The van der Waals surface area contributed by atoms with E-state index in [1.54, 1.807) is 6.92 Å².